The third kappa shape index (κ3) is 4.72. The molecule has 1 atom stereocenters. The van der Waals surface area contributed by atoms with E-state index in [1.165, 1.54) is 12.1 Å². The highest BCUT2D eigenvalue weighted by atomic mass is 19.1. The molecule has 8 nitrogen and oxygen atoms in total. The van der Waals surface area contributed by atoms with Gasteiger partial charge < -0.3 is 20.1 Å². The lowest BCUT2D eigenvalue weighted by molar-refractivity contribution is -0.128. The maximum atomic E-state index is 13.3. The van der Waals surface area contributed by atoms with Crippen LogP contribution in [0.25, 0.3) is 11.4 Å². The maximum Gasteiger partial charge on any atom is 0.319 e. The monoisotopic (exact) mass is 448 g/mol. The van der Waals surface area contributed by atoms with Crippen molar-refractivity contribution in [1.82, 2.24) is 25.0 Å². The second-order valence-electron chi connectivity index (χ2n) is 8.51. The minimum absolute atomic E-state index is 0.0851. The summed E-state index contributed by atoms with van der Waals surface area (Å²) in [5, 5.41) is 14.5. The zero-order chi connectivity index (χ0) is 22.8. The zero-order valence-corrected chi connectivity index (χ0v) is 18.1. The largest absolute Gasteiger partial charge is 0.338 e. The molecule has 3 aromatic rings. The number of rotatable bonds is 5. The molecule has 0 bridgehead atoms. The Kier molecular flexibility index (Phi) is 5.77. The number of amides is 3. The number of fused-ring (bicyclic) bond motifs is 1. The summed E-state index contributed by atoms with van der Waals surface area (Å²) in [6.07, 6.45) is 2.96. The van der Waals surface area contributed by atoms with Crippen molar-refractivity contribution in [2.45, 2.75) is 44.8 Å². The summed E-state index contributed by atoms with van der Waals surface area (Å²) in [7, 11) is 0. The van der Waals surface area contributed by atoms with Crippen molar-refractivity contribution in [2.24, 2.45) is 0 Å². The molecule has 0 aliphatic carbocycles. The lowest BCUT2D eigenvalue weighted by atomic mass is 10.1. The molecule has 2 N–H and O–H groups in total. The number of hydrogen-bond acceptors (Lipinski definition) is 4. The number of aromatic nitrogens is 3. The number of halogens is 1. The van der Waals surface area contributed by atoms with Crippen LogP contribution in [0.2, 0.25) is 0 Å². The molecule has 3 heterocycles. The molecule has 2 aliphatic rings. The van der Waals surface area contributed by atoms with Gasteiger partial charge in [-0.15, -0.1) is 10.2 Å². The van der Waals surface area contributed by atoms with Gasteiger partial charge in [0.15, 0.2) is 5.82 Å². The van der Waals surface area contributed by atoms with Crippen molar-refractivity contribution in [3.63, 3.8) is 0 Å². The molecule has 9 heteroatoms. The van der Waals surface area contributed by atoms with Crippen LogP contribution in [0.3, 0.4) is 0 Å². The van der Waals surface area contributed by atoms with Crippen LogP contribution >= 0.6 is 0 Å². The molecular formula is C24H25FN6O2. The predicted octanol–water partition coefficient (Wildman–Crippen LogP) is 3.34. The summed E-state index contributed by atoms with van der Waals surface area (Å²) < 4.78 is 15.3. The molecule has 170 valence electrons. The number of benzene rings is 2. The highest BCUT2D eigenvalue weighted by Gasteiger charge is 2.25. The predicted molar refractivity (Wildman–Crippen MR) is 121 cm³/mol. The summed E-state index contributed by atoms with van der Waals surface area (Å²) in [6, 6.07) is 13.4. The molecule has 1 fully saturated rings. The Labute approximate surface area is 190 Å². The fourth-order valence-electron chi connectivity index (χ4n) is 4.45. The van der Waals surface area contributed by atoms with Crippen LogP contribution in [0.1, 0.15) is 30.7 Å². The number of nitrogens with one attached hydrogen (secondary N) is 2. The van der Waals surface area contributed by atoms with Crippen molar-refractivity contribution in [2.75, 3.05) is 11.9 Å². The normalized spacial score (nSPS) is 17.7. The Balaban J connectivity index is 1.21. The van der Waals surface area contributed by atoms with Crippen LogP contribution in [0, 0.1) is 5.82 Å². The molecule has 1 saturated heterocycles. The standard InChI is InChI=1S/C24H25FN6O2/c25-18-8-6-17(7-9-18)23-29-28-21-11-10-20(15-31(21)23)27-24(33)26-19-4-1-3-16(13-19)14-30-12-2-5-22(30)32/h1,3-4,6-9,13,20H,2,5,10-12,14-15H2,(H2,26,27,33). The van der Waals surface area contributed by atoms with Gasteiger partial charge in [0.2, 0.25) is 5.91 Å². The lowest BCUT2D eigenvalue weighted by Gasteiger charge is -2.25. The maximum absolute atomic E-state index is 13.3. The third-order valence-corrected chi connectivity index (χ3v) is 6.11. The Bertz CT molecular complexity index is 1180. The number of urea groups is 1. The van der Waals surface area contributed by atoms with Crippen LogP contribution in [0.5, 0.6) is 0 Å². The molecule has 5 rings (SSSR count). The molecule has 1 aromatic heterocycles. The van der Waals surface area contributed by atoms with Gasteiger partial charge in [-0.3, -0.25) is 4.79 Å². The fourth-order valence-corrected chi connectivity index (χ4v) is 4.45. The minimum atomic E-state index is -0.301. The van der Waals surface area contributed by atoms with E-state index in [0.717, 1.165) is 36.3 Å². The number of carbonyl (C=O) groups is 2. The number of aryl methyl sites for hydroxylation is 1. The first-order valence-corrected chi connectivity index (χ1v) is 11.2. The summed E-state index contributed by atoms with van der Waals surface area (Å²) in [4.78, 5) is 26.4. The molecule has 33 heavy (non-hydrogen) atoms. The van der Waals surface area contributed by atoms with E-state index in [-0.39, 0.29) is 23.8 Å². The molecule has 1 unspecified atom stereocenters. The second kappa shape index (κ2) is 9.01. The van der Waals surface area contributed by atoms with Gasteiger partial charge in [-0.2, -0.15) is 0 Å². The smallest absolute Gasteiger partial charge is 0.319 e. The first kappa shape index (κ1) is 21.1. The molecule has 2 aromatic carbocycles. The first-order chi connectivity index (χ1) is 16.0. The topological polar surface area (TPSA) is 92.2 Å². The lowest BCUT2D eigenvalue weighted by Crippen LogP contribution is -2.43. The Hall–Kier alpha value is -3.75. The average Bonchev–Trinajstić information content (AvgIpc) is 3.40. The van der Waals surface area contributed by atoms with Gasteiger partial charge in [0.1, 0.15) is 11.6 Å². The number of likely N-dealkylation sites (tertiary alicyclic amines) is 1. The SMILES string of the molecule is O=C(Nc1cccc(CN2CCCC2=O)c1)NC1CCc2nnc(-c3ccc(F)cc3)n2C1. The van der Waals surface area contributed by atoms with Gasteiger partial charge in [0.25, 0.3) is 0 Å². The highest BCUT2D eigenvalue weighted by molar-refractivity contribution is 5.89. The Morgan fingerprint density at radius 3 is 2.76 bits per heavy atom. The van der Waals surface area contributed by atoms with Gasteiger partial charge in [0.05, 0.1) is 0 Å². The van der Waals surface area contributed by atoms with Crippen molar-refractivity contribution in [1.29, 1.82) is 0 Å². The molecule has 0 radical (unpaired) electrons. The van der Waals surface area contributed by atoms with Gasteiger partial charge in [-0.05, 0) is 54.8 Å². The molecule has 3 amide bonds. The first-order valence-electron chi connectivity index (χ1n) is 11.2. The van der Waals surface area contributed by atoms with E-state index in [2.05, 4.69) is 20.8 Å². The van der Waals surface area contributed by atoms with Crippen molar-refractivity contribution < 1.29 is 14.0 Å². The number of anilines is 1. The molecule has 2 aliphatic heterocycles. The quantitative estimate of drug-likeness (QED) is 0.626. The average molecular weight is 449 g/mol. The second-order valence-corrected chi connectivity index (χ2v) is 8.51. The van der Waals surface area contributed by atoms with Crippen LogP contribution in [-0.4, -0.2) is 44.2 Å². The van der Waals surface area contributed by atoms with Gasteiger partial charge >= 0.3 is 6.03 Å². The van der Waals surface area contributed by atoms with Crippen molar-refractivity contribution >= 4 is 17.6 Å². The van der Waals surface area contributed by atoms with Gasteiger partial charge in [-0.1, -0.05) is 12.1 Å². The third-order valence-electron chi connectivity index (χ3n) is 6.11. The van der Waals surface area contributed by atoms with E-state index < -0.39 is 0 Å². The van der Waals surface area contributed by atoms with Gasteiger partial charge in [0, 0.05) is 49.8 Å². The Morgan fingerprint density at radius 2 is 1.97 bits per heavy atom. The van der Waals surface area contributed by atoms with Crippen LogP contribution in [0.4, 0.5) is 14.9 Å². The van der Waals surface area contributed by atoms with E-state index in [1.54, 1.807) is 12.1 Å². The molecular weight excluding hydrogens is 423 g/mol. The minimum Gasteiger partial charge on any atom is -0.338 e. The summed E-state index contributed by atoms with van der Waals surface area (Å²) in [5.74, 6) is 1.40. The fraction of sp³-hybridized carbons (Fsp3) is 0.333. The van der Waals surface area contributed by atoms with Crippen molar-refractivity contribution in [3.05, 3.63) is 65.7 Å². The number of hydrogen-bond donors (Lipinski definition) is 2. The van der Waals surface area contributed by atoms with Crippen LogP contribution in [-0.2, 0) is 24.3 Å². The van der Waals surface area contributed by atoms with E-state index in [1.807, 2.05) is 33.7 Å². The summed E-state index contributed by atoms with van der Waals surface area (Å²) in [5.41, 5.74) is 2.46. The van der Waals surface area contributed by atoms with E-state index in [0.29, 0.717) is 37.4 Å². The Morgan fingerprint density at radius 1 is 1.12 bits per heavy atom. The van der Waals surface area contributed by atoms with Crippen LogP contribution in [0.15, 0.2) is 48.5 Å². The number of carbonyl (C=O) groups excluding carboxylic acids is 2. The van der Waals surface area contributed by atoms with Crippen LogP contribution < -0.4 is 10.6 Å². The van der Waals surface area contributed by atoms with E-state index in [4.69, 9.17) is 0 Å². The number of nitrogens with zero attached hydrogens (tertiary/aromatic N) is 4. The summed E-state index contributed by atoms with van der Waals surface area (Å²) >= 11 is 0. The summed E-state index contributed by atoms with van der Waals surface area (Å²) in [6.45, 7) is 1.88. The van der Waals surface area contributed by atoms with Gasteiger partial charge in [-0.25, -0.2) is 9.18 Å². The zero-order valence-electron chi connectivity index (χ0n) is 18.1. The van der Waals surface area contributed by atoms with E-state index >= 15 is 0 Å². The van der Waals surface area contributed by atoms with E-state index in [9.17, 15) is 14.0 Å². The molecule has 0 saturated carbocycles. The van der Waals surface area contributed by atoms with Crippen molar-refractivity contribution in [3.8, 4) is 11.4 Å². The highest BCUT2D eigenvalue weighted by Crippen LogP contribution is 2.23. The molecule has 0 spiro atoms.